The van der Waals surface area contributed by atoms with Gasteiger partial charge in [0.2, 0.25) is 0 Å². The van der Waals surface area contributed by atoms with Crippen LogP contribution in [-0.2, 0) is 6.42 Å². The summed E-state index contributed by atoms with van der Waals surface area (Å²) < 4.78 is 5.35. The SMILES string of the molecule is c1coc(CC2CCCCNC2)c1. The van der Waals surface area contributed by atoms with Gasteiger partial charge in [0.15, 0.2) is 0 Å². The molecule has 2 heteroatoms. The Kier molecular flexibility index (Phi) is 3.03. The normalized spacial score (nSPS) is 24.2. The zero-order valence-electron chi connectivity index (χ0n) is 7.96. The highest BCUT2D eigenvalue weighted by Gasteiger charge is 2.13. The highest BCUT2D eigenvalue weighted by Crippen LogP contribution is 2.16. The van der Waals surface area contributed by atoms with Crippen molar-refractivity contribution in [2.75, 3.05) is 13.1 Å². The van der Waals surface area contributed by atoms with E-state index < -0.39 is 0 Å². The van der Waals surface area contributed by atoms with E-state index >= 15 is 0 Å². The third-order valence-electron chi connectivity index (χ3n) is 2.72. The second-order valence-corrected chi connectivity index (χ2v) is 3.85. The predicted octanol–water partition coefficient (Wildman–Crippen LogP) is 2.21. The lowest BCUT2D eigenvalue weighted by Gasteiger charge is -2.11. The van der Waals surface area contributed by atoms with E-state index in [4.69, 9.17) is 4.42 Å². The van der Waals surface area contributed by atoms with Crippen molar-refractivity contribution in [2.24, 2.45) is 5.92 Å². The van der Waals surface area contributed by atoms with Crippen LogP contribution in [0.5, 0.6) is 0 Å². The minimum atomic E-state index is 0.772. The lowest BCUT2D eigenvalue weighted by molar-refractivity contribution is 0.416. The Hall–Kier alpha value is -0.760. The maximum Gasteiger partial charge on any atom is 0.104 e. The zero-order chi connectivity index (χ0) is 8.93. The fraction of sp³-hybridized carbons (Fsp3) is 0.636. The summed E-state index contributed by atoms with van der Waals surface area (Å²) >= 11 is 0. The first-order valence-electron chi connectivity index (χ1n) is 5.18. The van der Waals surface area contributed by atoms with Gasteiger partial charge in [-0.2, -0.15) is 0 Å². The van der Waals surface area contributed by atoms with Crippen molar-refractivity contribution < 1.29 is 4.42 Å². The van der Waals surface area contributed by atoms with Crippen LogP contribution in [0.4, 0.5) is 0 Å². The minimum absolute atomic E-state index is 0.772. The van der Waals surface area contributed by atoms with E-state index in [1.807, 2.05) is 6.07 Å². The second-order valence-electron chi connectivity index (χ2n) is 3.85. The summed E-state index contributed by atoms with van der Waals surface area (Å²) in [5, 5.41) is 3.47. The van der Waals surface area contributed by atoms with Crippen molar-refractivity contribution in [1.29, 1.82) is 0 Å². The average molecular weight is 179 g/mol. The van der Waals surface area contributed by atoms with Gasteiger partial charge in [-0.1, -0.05) is 6.42 Å². The molecule has 1 aromatic heterocycles. The molecule has 2 nitrogen and oxygen atoms in total. The van der Waals surface area contributed by atoms with Crippen molar-refractivity contribution in [3.8, 4) is 0 Å². The molecule has 1 unspecified atom stereocenters. The van der Waals surface area contributed by atoms with Crippen molar-refractivity contribution in [2.45, 2.75) is 25.7 Å². The predicted molar refractivity (Wildman–Crippen MR) is 52.6 cm³/mol. The Morgan fingerprint density at radius 1 is 1.46 bits per heavy atom. The van der Waals surface area contributed by atoms with Crippen LogP contribution in [0.25, 0.3) is 0 Å². The second kappa shape index (κ2) is 4.47. The molecular weight excluding hydrogens is 162 g/mol. The zero-order valence-corrected chi connectivity index (χ0v) is 7.96. The Labute approximate surface area is 79.3 Å². The number of furan rings is 1. The van der Waals surface area contributed by atoms with Gasteiger partial charge in [-0.15, -0.1) is 0 Å². The molecule has 2 heterocycles. The van der Waals surface area contributed by atoms with Gasteiger partial charge in [0.05, 0.1) is 6.26 Å². The van der Waals surface area contributed by atoms with Gasteiger partial charge in [-0.3, -0.25) is 0 Å². The summed E-state index contributed by atoms with van der Waals surface area (Å²) in [5.41, 5.74) is 0. The van der Waals surface area contributed by atoms with E-state index in [9.17, 15) is 0 Å². The van der Waals surface area contributed by atoms with Gasteiger partial charge in [0.25, 0.3) is 0 Å². The van der Waals surface area contributed by atoms with Crippen molar-refractivity contribution in [3.63, 3.8) is 0 Å². The Bertz CT molecular complexity index is 222. The smallest absolute Gasteiger partial charge is 0.104 e. The highest BCUT2D eigenvalue weighted by atomic mass is 16.3. The van der Waals surface area contributed by atoms with E-state index in [2.05, 4.69) is 11.4 Å². The van der Waals surface area contributed by atoms with E-state index in [-0.39, 0.29) is 0 Å². The van der Waals surface area contributed by atoms with Gasteiger partial charge in [0.1, 0.15) is 5.76 Å². The summed E-state index contributed by atoms with van der Waals surface area (Å²) in [6, 6.07) is 4.05. The van der Waals surface area contributed by atoms with Crippen molar-refractivity contribution in [3.05, 3.63) is 24.2 Å². The van der Waals surface area contributed by atoms with E-state index in [0.717, 1.165) is 24.6 Å². The van der Waals surface area contributed by atoms with Gasteiger partial charge >= 0.3 is 0 Å². The first-order valence-corrected chi connectivity index (χ1v) is 5.18. The molecule has 1 aliphatic heterocycles. The molecule has 0 spiro atoms. The molecule has 1 fully saturated rings. The molecule has 0 radical (unpaired) electrons. The summed E-state index contributed by atoms with van der Waals surface area (Å²) in [6.45, 7) is 2.34. The molecule has 1 aromatic rings. The van der Waals surface area contributed by atoms with Gasteiger partial charge in [-0.05, 0) is 44.0 Å². The van der Waals surface area contributed by atoms with Crippen LogP contribution in [0.1, 0.15) is 25.0 Å². The molecule has 0 bridgehead atoms. The fourth-order valence-electron chi connectivity index (χ4n) is 1.98. The summed E-state index contributed by atoms with van der Waals surface area (Å²) in [7, 11) is 0. The third-order valence-corrected chi connectivity index (χ3v) is 2.72. The van der Waals surface area contributed by atoms with Crippen LogP contribution < -0.4 is 5.32 Å². The lowest BCUT2D eigenvalue weighted by Crippen LogP contribution is -2.21. The molecule has 13 heavy (non-hydrogen) atoms. The van der Waals surface area contributed by atoms with Gasteiger partial charge in [-0.25, -0.2) is 0 Å². The molecule has 0 aromatic carbocycles. The van der Waals surface area contributed by atoms with Crippen LogP contribution in [0.2, 0.25) is 0 Å². The number of rotatable bonds is 2. The number of hydrogen-bond donors (Lipinski definition) is 1. The van der Waals surface area contributed by atoms with Crippen LogP contribution in [-0.4, -0.2) is 13.1 Å². The van der Waals surface area contributed by atoms with Crippen LogP contribution in [0.3, 0.4) is 0 Å². The molecular formula is C11H17NO. The first-order chi connectivity index (χ1) is 6.45. The number of hydrogen-bond acceptors (Lipinski definition) is 2. The Morgan fingerprint density at radius 3 is 3.31 bits per heavy atom. The molecule has 1 atom stereocenters. The lowest BCUT2D eigenvalue weighted by atomic mass is 9.98. The molecule has 2 rings (SSSR count). The van der Waals surface area contributed by atoms with E-state index in [1.165, 1.54) is 25.8 Å². The molecule has 1 N–H and O–H groups in total. The Balaban J connectivity index is 1.86. The van der Waals surface area contributed by atoms with E-state index in [1.54, 1.807) is 6.26 Å². The molecule has 1 saturated heterocycles. The molecule has 1 aliphatic rings. The average Bonchev–Trinajstić information content (AvgIpc) is 2.49. The minimum Gasteiger partial charge on any atom is -0.469 e. The number of nitrogens with one attached hydrogen (secondary N) is 1. The summed E-state index contributed by atoms with van der Waals surface area (Å²) in [5.74, 6) is 1.90. The monoisotopic (exact) mass is 179 g/mol. The maximum absolute atomic E-state index is 5.35. The first kappa shape index (κ1) is 8.82. The van der Waals surface area contributed by atoms with Crippen molar-refractivity contribution in [1.82, 2.24) is 5.32 Å². The van der Waals surface area contributed by atoms with Crippen LogP contribution >= 0.6 is 0 Å². The summed E-state index contributed by atoms with van der Waals surface area (Å²) in [4.78, 5) is 0. The van der Waals surface area contributed by atoms with Gasteiger partial charge < -0.3 is 9.73 Å². The molecule has 0 amide bonds. The van der Waals surface area contributed by atoms with Crippen LogP contribution in [0, 0.1) is 5.92 Å². The molecule has 0 saturated carbocycles. The summed E-state index contributed by atoms with van der Waals surface area (Å²) in [6.07, 6.45) is 6.89. The largest absolute Gasteiger partial charge is 0.469 e. The van der Waals surface area contributed by atoms with Crippen molar-refractivity contribution >= 4 is 0 Å². The quantitative estimate of drug-likeness (QED) is 0.753. The maximum atomic E-state index is 5.35. The fourth-order valence-corrected chi connectivity index (χ4v) is 1.98. The Morgan fingerprint density at radius 2 is 2.46 bits per heavy atom. The highest BCUT2D eigenvalue weighted by molar-refractivity contribution is 4.99. The van der Waals surface area contributed by atoms with Gasteiger partial charge in [0, 0.05) is 6.42 Å². The standard InChI is InChI=1S/C11H17NO/c1-2-6-12-9-10(4-1)8-11-5-3-7-13-11/h3,5,7,10,12H,1-2,4,6,8-9H2. The van der Waals surface area contributed by atoms with Crippen LogP contribution in [0.15, 0.2) is 22.8 Å². The van der Waals surface area contributed by atoms with E-state index in [0.29, 0.717) is 0 Å². The molecule has 72 valence electrons. The molecule has 0 aliphatic carbocycles. The topological polar surface area (TPSA) is 25.2 Å². The third kappa shape index (κ3) is 2.59.